The zero-order valence-corrected chi connectivity index (χ0v) is 10.8. The maximum atomic E-state index is 12.6. The van der Waals surface area contributed by atoms with Gasteiger partial charge in [-0.15, -0.1) is 0 Å². The standard InChI is InChI=1S/C16H17NO2/c1-17-12-16(19,14-10-6-3-7-11-14)15(18)13-8-4-2-5-9-13/h2-11,17,19H,12H2,1H3. The average Bonchev–Trinajstić information content (AvgIpc) is 2.48. The number of carbonyl (C=O) groups excluding carboxylic acids is 1. The van der Waals surface area contributed by atoms with Gasteiger partial charge < -0.3 is 10.4 Å². The molecule has 0 heterocycles. The van der Waals surface area contributed by atoms with Crippen LogP contribution in [0.4, 0.5) is 0 Å². The number of rotatable bonds is 5. The number of likely N-dealkylation sites (N-methyl/N-ethyl adjacent to an activating group) is 1. The fourth-order valence-electron chi connectivity index (χ4n) is 2.11. The molecule has 2 rings (SSSR count). The van der Waals surface area contributed by atoms with E-state index in [1.165, 1.54) is 0 Å². The van der Waals surface area contributed by atoms with E-state index in [-0.39, 0.29) is 12.3 Å². The molecular formula is C16H17NO2. The minimum absolute atomic E-state index is 0.171. The van der Waals surface area contributed by atoms with Crippen LogP contribution in [-0.4, -0.2) is 24.5 Å². The number of aliphatic hydroxyl groups is 1. The topological polar surface area (TPSA) is 49.3 Å². The first kappa shape index (κ1) is 13.5. The Morgan fingerprint density at radius 3 is 2.11 bits per heavy atom. The summed E-state index contributed by atoms with van der Waals surface area (Å²) < 4.78 is 0. The van der Waals surface area contributed by atoms with Gasteiger partial charge in [0.2, 0.25) is 0 Å². The van der Waals surface area contributed by atoms with Crippen LogP contribution in [0.5, 0.6) is 0 Å². The highest BCUT2D eigenvalue weighted by Gasteiger charge is 2.37. The fraction of sp³-hybridized carbons (Fsp3) is 0.188. The summed E-state index contributed by atoms with van der Waals surface area (Å²) in [5, 5.41) is 13.7. The summed E-state index contributed by atoms with van der Waals surface area (Å²) in [6.07, 6.45) is 0. The Morgan fingerprint density at radius 2 is 1.58 bits per heavy atom. The van der Waals surface area contributed by atoms with Gasteiger partial charge >= 0.3 is 0 Å². The van der Waals surface area contributed by atoms with E-state index in [1.807, 2.05) is 24.3 Å². The molecule has 2 aromatic carbocycles. The smallest absolute Gasteiger partial charge is 0.200 e. The molecule has 19 heavy (non-hydrogen) atoms. The summed E-state index contributed by atoms with van der Waals surface area (Å²) in [7, 11) is 1.71. The van der Waals surface area contributed by atoms with Crippen LogP contribution in [0.1, 0.15) is 15.9 Å². The van der Waals surface area contributed by atoms with Gasteiger partial charge in [0, 0.05) is 12.1 Å². The summed E-state index contributed by atoms with van der Waals surface area (Å²) in [5.74, 6) is -0.298. The fourth-order valence-corrected chi connectivity index (χ4v) is 2.11. The molecule has 0 aromatic heterocycles. The number of carbonyl (C=O) groups is 1. The third kappa shape index (κ3) is 2.72. The molecule has 0 bridgehead atoms. The normalized spacial score (nSPS) is 13.8. The molecule has 0 aliphatic heterocycles. The van der Waals surface area contributed by atoms with E-state index in [1.54, 1.807) is 43.4 Å². The third-order valence-corrected chi connectivity index (χ3v) is 3.10. The second-order valence-electron chi connectivity index (χ2n) is 4.45. The predicted octanol–water partition coefficient (Wildman–Crippen LogP) is 1.98. The highest BCUT2D eigenvalue weighted by atomic mass is 16.3. The van der Waals surface area contributed by atoms with Crippen molar-refractivity contribution >= 4 is 5.78 Å². The molecule has 0 amide bonds. The second kappa shape index (κ2) is 5.78. The zero-order chi connectivity index (χ0) is 13.7. The minimum Gasteiger partial charge on any atom is -0.376 e. The molecule has 0 fully saturated rings. The van der Waals surface area contributed by atoms with Gasteiger partial charge in [0.1, 0.15) is 0 Å². The Balaban J connectivity index is 2.43. The largest absolute Gasteiger partial charge is 0.376 e. The molecule has 98 valence electrons. The number of hydrogen-bond donors (Lipinski definition) is 2. The first-order valence-corrected chi connectivity index (χ1v) is 6.21. The number of ketones is 1. The molecule has 0 spiro atoms. The zero-order valence-electron chi connectivity index (χ0n) is 10.8. The maximum absolute atomic E-state index is 12.6. The summed E-state index contributed by atoms with van der Waals surface area (Å²) >= 11 is 0. The molecule has 2 aromatic rings. The van der Waals surface area contributed by atoms with Gasteiger partial charge in [0.15, 0.2) is 11.4 Å². The average molecular weight is 255 g/mol. The van der Waals surface area contributed by atoms with Crippen LogP contribution < -0.4 is 5.32 Å². The van der Waals surface area contributed by atoms with Gasteiger partial charge in [-0.2, -0.15) is 0 Å². The predicted molar refractivity (Wildman–Crippen MR) is 75.0 cm³/mol. The molecule has 0 aliphatic carbocycles. The van der Waals surface area contributed by atoms with Crippen molar-refractivity contribution in [3.8, 4) is 0 Å². The molecule has 1 unspecified atom stereocenters. The van der Waals surface area contributed by atoms with Crippen molar-refractivity contribution in [3.05, 3.63) is 71.8 Å². The van der Waals surface area contributed by atoms with Gasteiger partial charge in [0.05, 0.1) is 0 Å². The Labute approximate surface area is 112 Å². The summed E-state index contributed by atoms with van der Waals surface area (Å²) in [4.78, 5) is 12.6. The summed E-state index contributed by atoms with van der Waals surface area (Å²) in [6.45, 7) is 0.171. The lowest BCUT2D eigenvalue weighted by molar-refractivity contribution is 0.0309. The van der Waals surface area contributed by atoms with E-state index in [9.17, 15) is 9.90 Å². The minimum atomic E-state index is -1.54. The molecule has 0 aliphatic rings. The molecule has 3 nitrogen and oxygen atoms in total. The van der Waals surface area contributed by atoms with Crippen LogP contribution in [0, 0.1) is 0 Å². The number of benzene rings is 2. The van der Waals surface area contributed by atoms with Crippen LogP contribution in [-0.2, 0) is 5.60 Å². The van der Waals surface area contributed by atoms with Crippen LogP contribution in [0.15, 0.2) is 60.7 Å². The van der Waals surface area contributed by atoms with Crippen molar-refractivity contribution in [2.24, 2.45) is 0 Å². The van der Waals surface area contributed by atoms with Gasteiger partial charge in [-0.25, -0.2) is 0 Å². The molecule has 0 saturated carbocycles. The molecule has 2 N–H and O–H groups in total. The first-order valence-electron chi connectivity index (χ1n) is 6.21. The summed E-state index contributed by atoms with van der Waals surface area (Å²) in [6, 6.07) is 17.9. The van der Waals surface area contributed by atoms with Gasteiger partial charge in [-0.3, -0.25) is 4.79 Å². The lowest BCUT2D eigenvalue weighted by Gasteiger charge is -2.27. The van der Waals surface area contributed by atoms with Crippen LogP contribution in [0.3, 0.4) is 0 Å². The monoisotopic (exact) mass is 255 g/mol. The molecule has 0 saturated heterocycles. The van der Waals surface area contributed by atoms with E-state index in [0.29, 0.717) is 11.1 Å². The lowest BCUT2D eigenvalue weighted by atomic mass is 9.86. The van der Waals surface area contributed by atoms with E-state index in [4.69, 9.17) is 0 Å². The van der Waals surface area contributed by atoms with Crippen molar-refractivity contribution in [3.63, 3.8) is 0 Å². The first-order chi connectivity index (χ1) is 9.18. The van der Waals surface area contributed by atoms with Crippen molar-refractivity contribution in [2.45, 2.75) is 5.60 Å². The van der Waals surface area contributed by atoms with Crippen molar-refractivity contribution < 1.29 is 9.90 Å². The van der Waals surface area contributed by atoms with Crippen molar-refractivity contribution in [1.29, 1.82) is 0 Å². The quantitative estimate of drug-likeness (QED) is 0.803. The van der Waals surface area contributed by atoms with Gasteiger partial charge in [-0.05, 0) is 12.6 Å². The molecule has 1 atom stereocenters. The molecule has 3 heteroatoms. The highest BCUT2D eigenvalue weighted by molar-refractivity contribution is 6.03. The Bertz CT molecular complexity index is 539. The summed E-state index contributed by atoms with van der Waals surface area (Å²) in [5.41, 5.74) is -0.445. The maximum Gasteiger partial charge on any atom is 0.200 e. The Kier molecular flexibility index (Phi) is 4.10. The van der Waals surface area contributed by atoms with E-state index < -0.39 is 5.60 Å². The Morgan fingerprint density at radius 1 is 1.05 bits per heavy atom. The van der Waals surface area contributed by atoms with Gasteiger partial charge in [0.25, 0.3) is 0 Å². The van der Waals surface area contributed by atoms with Crippen LogP contribution >= 0.6 is 0 Å². The Hall–Kier alpha value is -1.97. The highest BCUT2D eigenvalue weighted by Crippen LogP contribution is 2.25. The van der Waals surface area contributed by atoms with E-state index in [2.05, 4.69) is 5.32 Å². The van der Waals surface area contributed by atoms with Crippen LogP contribution in [0.25, 0.3) is 0 Å². The molecule has 0 radical (unpaired) electrons. The van der Waals surface area contributed by atoms with Crippen molar-refractivity contribution in [1.82, 2.24) is 5.32 Å². The van der Waals surface area contributed by atoms with E-state index in [0.717, 1.165) is 0 Å². The van der Waals surface area contributed by atoms with Gasteiger partial charge in [-0.1, -0.05) is 60.7 Å². The third-order valence-electron chi connectivity index (χ3n) is 3.10. The number of nitrogens with one attached hydrogen (secondary N) is 1. The lowest BCUT2D eigenvalue weighted by Crippen LogP contribution is -2.44. The number of Topliss-reactive ketones (excluding diaryl/α,β-unsaturated/α-hetero) is 1. The number of hydrogen-bond acceptors (Lipinski definition) is 3. The SMILES string of the molecule is CNCC(O)(C(=O)c1ccccc1)c1ccccc1. The molecular weight excluding hydrogens is 238 g/mol. The second-order valence-corrected chi connectivity index (χ2v) is 4.45. The van der Waals surface area contributed by atoms with E-state index >= 15 is 0 Å². The van der Waals surface area contributed by atoms with Crippen molar-refractivity contribution in [2.75, 3.05) is 13.6 Å². The van der Waals surface area contributed by atoms with Crippen LogP contribution in [0.2, 0.25) is 0 Å².